The van der Waals surface area contributed by atoms with Crippen LogP contribution in [-0.4, -0.2) is 16.0 Å². The van der Waals surface area contributed by atoms with Crippen molar-refractivity contribution in [1.29, 1.82) is 0 Å². The van der Waals surface area contributed by atoms with Crippen molar-refractivity contribution >= 4 is 27.6 Å². The summed E-state index contributed by atoms with van der Waals surface area (Å²) in [7, 11) is 0. The molecule has 0 aromatic carbocycles. The highest BCUT2D eigenvalue weighted by Gasteiger charge is 2.10. The molecule has 0 amide bonds. The Kier molecular flexibility index (Phi) is 3.63. The highest BCUT2D eigenvalue weighted by Crippen LogP contribution is 2.24. The lowest BCUT2D eigenvalue weighted by atomic mass is 10.2. The van der Waals surface area contributed by atoms with Crippen LogP contribution in [-0.2, 0) is 6.42 Å². The number of halogens is 1. The van der Waals surface area contributed by atoms with Gasteiger partial charge < -0.3 is 15.5 Å². The van der Waals surface area contributed by atoms with E-state index >= 15 is 0 Å². The van der Waals surface area contributed by atoms with Gasteiger partial charge in [0, 0.05) is 12.5 Å². The molecule has 0 fully saturated rings. The first-order valence-electron chi connectivity index (χ1n) is 5.21. The molecule has 6 heteroatoms. The molecule has 0 aliphatic rings. The normalized spacial score (nSPS) is 12.4. The van der Waals surface area contributed by atoms with Gasteiger partial charge in [-0.25, -0.2) is 9.97 Å². The summed E-state index contributed by atoms with van der Waals surface area (Å²) < 4.78 is 5.97. The fraction of sp³-hybridized carbons (Fsp3) is 0.273. The Labute approximate surface area is 108 Å². The number of hydrogen-bond acceptors (Lipinski definition) is 5. The van der Waals surface area contributed by atoms with E-state index in [0.717, 1.165) is 12.2 Å². The monoisotopic (exact) mass is 296 g/mol. The Bertz CT molecular complexity index is 486. The highest BCUT2D eigenvalue weighted by molar-refractivity contribution is 9.10. The van der Waals surface area contributed by atoms with E-state index in [-0.39, 0.29) is 6.04 Å². The Balaban J connectivity index is 2.03. The first kappa shape index (κ1) is 11.9. The van der Waals surface area contributed by atoms with E-state index in [1.807, 2.05) is 19.1 Å². The average molecular weight is 297 g/mol. The zero-order chi connectivity index (χ0) is 12.3. The molecule has 0 aliphatic carbocycles. The van der Waals surface area contributed by atoms with Crippen molar-refractivity contribution in [2.45, 2.75) is 19.4 Å². The molecule has 5 nitrogen and oxygen atoms in total. The predicted octanol–water partition coefficient (Wildman–Crippen LogP) is 2.46. The molecule has 1 unspecified atom stereocenters. The number of nitrogens with zero attached hydrogens (tertiary/aromatic N) is 2. The van der Waals surface area contributed by atoms with Gasteiger partial charge in [0.15, 0.2) is 0 Å². The van der Waals surface area contributed by atoms with Crippen molar-refractivity contribution in [3.63, 3.8) is 0 Å². The number of rotatable bonds is 4. The molecule has 0 saturated carbocycles. The van der Waals surface area contributed by atoms with Gasteiger partial charge >= 0.3 is 0 Å². The van der Waals surface area contributed by atoms with E-state index in [1.165, 1.54) is 6.33 Å². The standard InChI is InChI=1S/C11H13BrN4O/c1-7(5-8-3-2-4-17-8)16-11-9(12)10(13)14-6-15-11/h2-4,6-7H,5H2,1H3,(H3,13,14,15,16). The van der Waals surface area contributed by atoms with Gasteiger partial charge in [-0.1, -0.05) is 0 Å². The van der Waals surface area contributed by atoms with Crippen LogP contribution in [0, 0.1) is 0 Å². The molecule has 0 saturated heterocycles. The topological polar surface area (TPSA) is 77.0 Å². The van der Waals surface area contributed by atoms with Crippen molar-refractivity contribution in [3.8, 4) is 0 Å². The van der Waals surface area contributed by atoms with Gasteiger partial charge in [-0.05, 0) is 35.0 Å². The van der Waals surface area contributed by atoms with Gasteiger partial charge in [0.05, 0.1) is 6.26 Å². The van der Waals surface area contributed by atoms with E-state index in [9.17, 15) is 0 Å². The van der Waals surface area contributed by atoms with Crippen molar-refractivity contribution in [1.82, 2.24) is 9.97 Å². The van der Waals surface area contributed by atoms with E-state index in [4.69, 9.17) is 10.2 Å². The van der Waals surface area contributed by atoms with Crippen LogP contribution in [0.5, 0.6) is 0 Å². The number of aromatic nitrogens is 2. The fourth-order valence-corrected chi connectivity index (χ4v) is 1.82. The Morgan fingerprint density at radius 1 is 1.53 bits per heavy atom. The highest BCUT2D eigenvalue weighted by atomic mass is 79.9. The fourth-order valence-electron chi connectivity index (χ4n) is 1.50. The maximum Gasteiger partial charge on any atom is 0.146 e. The van der Waals surface area contributed by atoms with E-state index in [2.05, 4.69) is 31.2 Å². The van der Waals surface area contributed by atoms with Crippen LogP contribution in [0.1, 0.15) is 12.7 Å². The average Bonchev–Trinajstić information content (AvgIpc) is 2.77. The molecular formula is C11H13BrN4O. The second-order valence-corrected chi connectivity index (χ2v) is 4.54. The molecule has 2 heterocycles. The number of nitrogen functional groups attached to an aromatic ring is 1. The summed E-state index contributed by atoms with van der Waals surface area (Å²) in [5, 5.41) is 3.25. The largest absolute Gasteiger partial charge is 0.469 e. The molecule has 1 atom stereocenters. The van der Waals surface area contributed by atoms with Gasteiger partial charge in [0.25, 0.3) is 0 Å². The van der Waals surface area contributed by atoms with Crippen molar-refractivity contribution in [2.24, 2.45) is 0 Å². The number of hydrogen-bond donors (Lipinski definition) is 2. The Hall–Kier alpha value is -1.56. The zero-order valence-corrected chi connectivity index (χ0v) is 10.9. The molecule has 0 aliphatic heterocycles. The summed E-state index contributed by atoms with van der Waals surface area (Å²) in [6, 6.07) is 4.01. The molecular weight excluding hydrogens is 284 g/mol. The summed E-state index contributed by atoms with van der Waals surface area (Å²) >= 11 is 3.35. The molecule has 2 rings (SSSR count). The third-order valence-corrected chi connectivity index (χ3v) is 3.07. The van der Waals surface area contributed by atoms with Crippen molar-refractivity contribution in [2.75, 3.05) is 11.1 Å². The second-order valence-electron chi connectivity index (χ2n) is 3.75. The van der Waals surface area contributed by atoms with Crippen LogP contribution in [0.3, 0.4) is 0 Å². The molecule has 90 valence electrons. The maximum absolute atomic E-state index is 5.68. The first-order valence-corrected chi connectivity index (χ1v) is 6.01. The van der Waals surface area contributed by atoms with E-state index in [1.54, 1.807) is 6.26 Å². The Morgan fingerprint density at radius 2 is 2.35 bits per heavy atom. The SMILES string of the molecule is CC(Cc1ccco1)Nc1ncnc(N)c1Br. The third-order valence-electron chi connectivity index (χ3n) is 2.29. The van der Waals surface area contributed by atoms with Gasteiger partial charge in [-0.15, -0.1) is 0 Å². The van der Waals surface area contributed by atoms with Crippen LogP contribution < -0.4 is 11.1 Å². The van der Waals surface area contributed by atoms with Crippen LogP contribution in [0.2, 0.25) is 0 Å². The lowest BCUT2D eigenvalue weighted by Gasteiger charge is -2.14. The van der Waals surface area contributed by atoms with Gasteiger partial charge in [0.1, 0.15) is 28.2 Å². The lowest BCUT2D eigenvalue weighted by molar-refractivity contribution is 0.497. The van der Waals surface area contributed by atoms with Crippen LogP contribution in [0.15, 0.2) is 33.6 Å². The summed E-state index contributed by atoms with van der Waals surface area (Å²) in [4.78, 5) is 8.01. The van der Waals surface area contributed by atoms with Crippen molar-refractivity contribution < 1.29 is 4.42 Å². The minimum Gasteiger partial charge on any atom is -0.469 e. The predicted molar refractivity (Wildman–Crippen MR) is 69.6 cm³/mol. The molecule has 3 N–H and O–H groups in total. The van der Waals surface area contributed by atoms with E-state index in [0.29, 0.717) is 16.1 Å². The minimum absolute atomic E-state index is 0.187. The summed E-state index contributed by atoms with van der Waals surface area (Å²) in [5.41, 5.74) is 5.68. The van der Waals surface area contributed by atoms with Gasteiger partial charge in [0.2, 0.25) is 0 Å². The smallest absolute Gasteiger partial charge is 0.146 e. The van der Waals surface area contributed by atoms with Gasteiger partial charge in [-0.2, -0.15) is 0 Å². The van der Waals surface area contributed by atoms with Crippen LogP contribution in [0.4, 0.5) is 11.6 Å². The van der Waals surface area contributed by atoms with Crippen molar-refractivity contribution in [3.05, 3.63) is 35.0 Å². The summed E-state index contributed by atoms with van der Waals surface area (Å²) in [6.45, 7) is 2.05. The molecule has 0 radical (unpaired) electrons. The number of nitrogens with one attached hydrogen (secondary N) is 1. The molecule has 2 aromatic rings. The lowest BCUT2D eigenvalue weighted by Crippen LogP contribution is -2.19. The Morgan fingerprint density at radius 3 is 3.06 bits per heavy atom. The molecule has 0 spiro atoms. The summed E-state index contributed by atoms with van der Waals surface area (Å²) in [5.74, 6) is 2.05. The molecule has 17 heavy (non-hydrogen) atoms. The summed E-state index contributed by atoms with van der Waals surface area (Å²) in [6.07, 6.45) is 3.88. The van der Waals surface area contributed by atoms with Crippen LogP contribution in [0.25, 0.3) is 0 Å². The second kappa shape index (κ2) is 5.18. The maximum atomic E-state index is 5.68. The molecule has 2 aromatic heterocycles. The molecule has 0 bridgehead atoms. The third kappa shape index (κ3) is 2.97. The number of furan rings is 1. The minimum atomic E-state index is 0.187. The van der Waals surface area contributed by atoms with Crippen LogP contribution >= 0.6 is 15.9 Å². The van der Waals surface area contributed by atoms with E-state index < -0.39 is 0 Å². The number of anilines is 2. The first-order chi connectivity index (χ1) is 8.16. The number of nitrogens with two attached hydrogens (primary N) is 1. The quantitative estimate of drug-likeness (QED) is 0.906. The zero-order valence-electron chi connectivity index (χ0n) is 9.35. The van der Waals surface area contributed by atoms with Gasteiger partial charge in [-0.3, -0.25) is 0 Å².